The van der Waals surface area contributed by atoms with Crippen LogP contribution in [0.2, 0.25) is 0 Å². The Morgan fingerprint density at radius 1 is 1.24 bits per heavy atom. The summed E-state index contributed by atoms with van der Waals surface area (Å²) in [7, 11) is 0. The van der Waals surface area contributed by atoms with Gasteiger partial charge in [-0.3, -0.25) is 0 Å². The molecule has 0 atom stereocenters. The Kier molecular flexibility index (Phi) is 3.98. The van der Waals surface area contributed by atoms with Gasteiger partial charge in [-0.05, 0) is 30.3 Å². The Hall–Kier alpha value is -2.18. The number of nitrogens with one attached hydrogen (secondary N) is 1. The van der Waals surface area contributed by atoms with Crippen molar-refractivity contribution in [3.05, 3.63) is 57.7 Å². The fourth-order valence-corrected chi connectivity index (χ4v) is 3.31. The molecule has 106 valence electrons. The molecule has 2 N–H and O–H groups in total. The molecule has 4 nitrogen and oxygen atoms in total. The molecular formula is C15H12N2O2S2. The minimum Gasteiger partial charge on any atom is -0.478 e. The van der Waals surface area contributed by atoms with Gasteiger partial charge in [0.2, 0.25) is 0 Å². The Bertz CT molecular complexity index is 733. The zero-order valence-corrected chi connectivity index (χ0v) is 12.6. The molecule has 0 amide bonds. The molecule has 0 fully saturated rings. The first-order chi connectivity index (χ1) is 10.2. The van der Waals surface area contributed by atoms with Crippen LogP contribution >= 0.6 is 22.7 Å². The van der Waals surface area contributed by atoms with Crippen molar-refractivity contribution in [2.75, 3.05) is 5.32 Å². The molecule has 21 heavy (non-hydrogen) atoms. The molecule has 1 aromatic carbocycles. The summed E-state index contributed by atoms with van der Waals surface area (Å²) in [6.07, 6.45) is 1.79. The van der Waals surface area contributed by atoms with E-state index in [4.69, 9.17) is 5.11 Å². The molecule has 0 aliphatic rings. The second-order valence-corrected chi connectivity index (χ2v) is 6.27. The van der Waals surface area contributed by atoms with Crippen molar-refractivity contribution >= 4 is 34.3 Å². The van der Waals surface area contributed by atoms with E-state index in [0.717, 1.165) is 21.1 Å². The predicted molar refractivity (Wildman–Crippen MR) is 86.2 cm³/mol. The Morgan fingerprint density at radius 2 is 2.05 bits per heavy atom. The maximum atomic E-state index is 10.8. The highest BCUT2D eigenvalue weighted by Gasteiger charge is 2.06. The number of thiazole rings is 1. The number of anilines is 1. The lowest BCUT2D eigenvalue weighted by Gasteiger charge is -2.05. The van der Waals surface area contributed by atoms with Crippen LogP contribution in [0.5, 0.6) is 0 Å². The van der Waals surface area contributed by atoms with Gasteiger partial charge < -0.3 is 10.4 Å². The fourth-order valence-electron chi connectivity index (χ4n) is 1.87. The van der Waals surface area contributed by atoms with Crippen LogP contribution in [-0.4, -0.2) is 16.1 Å². The zero-order chi connectivity index (χ0) is 14.7. The second-order valence-electron chi connectivity index (χ2n) is 4.38. The highest BCUT2D eigenvalue weighted by atomic mass is 32.1. The molecule has 0 unspecified atom stereocenters. The summed E-state index contributed by atoms with van der Waals surface area (Å²) in [5.41, 5.74) is 2.44. The van der Waals surface area contributed by atoms with Gasteiger partial charge in [0, 0.05) is 39.6 Å². The van der Waals surface area contributed by atoms with Gasteiger partial charge in [0.05, 0.1) is 5.56 Å². The summed E-state index contributed by atoms with van der Waals surface area (Å²) in [5, 5.41) is 16.8. The Balaban J connectivity index is 1.64. The van der Waals surface area contributed by atoms with Crippen LogP contribution in [-0.2, 0) is 6.54 Å². The predicted octanol–water partition coefficient (Wildman–Crippen LogP) is 4.18. The quantitative estimate of drug-likeness (QED) is 0.741. The average Bonchev–Trinajstić information content (AvgIpc) is 3.17. The van der Waals surface area contributed by atoms with Crippen LogP contribution in [0.25, 0.3) is 10.6 Å². The number of rotatable bonds is 5. The van der Waals surface area contributed by atoms with E-state index in [-0.39, 0.29) is 0 Å². The number of thiophene rings is 1. The largest absolute Gasteiger partial charge is 0.478 e. The topological polar surface area (TPSA) is 62.2 Å². The van der Waals surface area contributed by atoms with Gasteiger partial charge in [0.15, 0.2) is 0 Å². The molecule has 0 aliphatic heterocycles. The molecule has 2 heterocycles. The number of hydrogen-bond acceptors (Lipinski definition) is 5. The van der Waals surface area contributed by atoms with Crippen molar-refractivity contribution < 1.29 is 9.90 Å². The lowest BCUT2D eigenvalue weighted by Crippen LogP contribution is -1.98. The summed E-state index contributed by atoms with van der Waals surface area (Å²) in [6.45, 7) is 0.620. The number of carboxylic acid groups (broad SMARTS) is 1. The highest BCUT2D eigenvalue weighted by molar-refractivity contribution is 7.13. The van der Waals surface area contributed by atoms with Gasteiger partial charge in [-0.25, -0.2) is 9.78 Å². The number of aromatic nitrogens is 1. The van der Waals surface area contributed by atoms with Crippen LogP contribution in [0.4, 0.5) is 5.69 Å². The van der Waals surface area contributed by atoms with E-state index >= 15 is 0 Å². The van der Waals surface area contributed by atoms with E-state index < -0.39 is 5.97 Å². The molecule has 2 aromatic heterocycles. The van der Waals surface area contributed by atoms with Gasteiger partial charge in [0.25, 0.3) is 0 Å². The molecule has 6 heteroatoms. The average molecular weight is 316 g/mol. The summed E-state index contributed by atoms with van der Waals surface area (Å²) in [5.74, 6) is -0.884. The van der Waals surface area contributed by atoms with Crippen molar-refractivity contribution in [1.29, 1.82) is 0 Å². The van der Waals surface area contributed by atoms with E-state index in [2.05, 4.69) is 10.3 Å². The minimum atomic E-state index is -0.884. The van der Waals surface area contributed by atoms with E-state index in [9.17, 15) is 4.79 Å². The van der Waals surface area contributed by atoms with E-state index in [1.807, 2.05) is 29.6 Å². The number of hydrogen-bond donors (Lipinski definition) is 2. The third kappa shape index (κ3) is 3.29. The van der Waals surface area contributed by atoms with Crippen molar-refractivity contribution in [1.82, 2.24) is 4.98 Å². The summed E-state index contributed by atoms with van der Waals surface area (Å²) in [4.78, 5) is 16.1. The van der Waals surface area contributed by atoms with E-state index in [0.29, 0.717) is 12.1 Å². The maximum absolute atomic E-state index is 10.8. The number of aromatic carboxylic acids is 1. The van der Waals surface area contributed by atoms with Crippen molar-refractivity contribution in [3.63, 3.8) is 0 Å². The number of benzene rings is 1. The molecule has 3 rings (SSSR count). The third-order valence-corrected chi connectivity index (χ3v) is 4.69. The van der Waals surface area contributed by atoms with Crippen LogP contribution in [0.1, 0.15) is 15.2 Å². The summed E-state index contributed by atoms with van der Waals surface area (Å²) in [6, 6.07) is 9.76. The molecule has 0 aliphatic carbocycles. The molecule has 0 radical (unpaired) electrons. The number of carboxylic acids is 1. The zero-order valence-electron chi connectivity index (χ0n) is 10.9. The first-order valence-corrected chi connectivity index (χ1v) is 8.03. The monoisotopic (exact) mass is 316 g/mol. The molecule has 0 saturated carbocycles. The van der Waals surface area contributed by atoms with Crippen molar-refractivity contribution in [3.8, 4) is 10.6 Å². The number of nitrogens with zero attached hydrogens (tertiary/aromatic N) is 1. The van der Waals surface area contributed by atoms with Crippen LogP contribution in [0.15, 0.2) is 47.3 Å². The van der Waals surface area contributed by atoms with Crippen LogP contribution in [0, 0.1) is 0 Å². The van der Waals surface area contributed by atoms with Crippen LogP contribution < -0.4 is 5.32 Å². The molecular weight excluding hydrogens is 304 g/mol. The Labute approximate surface area is 129 Å². The first-order valence-electron chi connectivity index (χ1n) is 6.27. The highest BCUT2D eigenvalue weighted by Crippen LogP contribution is 2.24. The fraction of sp³-hybridized carbons (Fsp3) is 0.0667. The standard InChI is InChI=1S/C15H12N2O2S2/c18-15(19)11-7-13(21-9-11)8-17-12-3-1-10(2-4-12)14-16-5-6-20-14/h1-7,9,17H,8H2,(H,18,19). The Morgan fingerprint density at radius 3 is 2.67 bits per heavy atom. The van der Waals surface area contributed by atoms with Crippen molar-refractivity contribution in [2.24, 2.45) is 0 Å². The SMILES string of the molecule is O=C(O)c1csc(CNc2ccc(-c3nccs3)cc2)c1. The van der Waals surface area contributed by atoms with Gasteiger partial charge in [0.1, 0.15) is 5.01 Å². The maximum Gasteiger partial charge on any atom is 0.336 e. The second kappa shape index (κ2) is 6.07. The van der Waals surface area contributed by atoms with Gasteiger partial charge in [-0.1, -0.05) is 0 Å². The van der Waals surface area contributed by atoms with Gasteiger partial charge in [-0.15, -0.1) is 22.7 Å². The van der Waals surface area contributed by atoms with E-state index in [1.54, 1.807) is 29.0 Å². The van der Waals surface area contributed by atoms with Gasteiger partial charge >= 0.3 is 5.97 Å². The third-order valence-electron chi connectivity index (χ3n) is 2.93. The van der Waals surface area contributed by atoms with Gasteiger partial charge in [-0.2, -0.15) is 0 Å². The number of carbonyl (C=O) groups is 1. The van der Waals surface area contributed by atoms with Crippen LogP contribution in [0.3, 0.4) is 0 Å². The van der Waals surface area contributed by atoms with E-state index in [1.165, 1.54) is 11.3 Å². The lowest BCUT2D eigenvalue weighted by atomic mass is 10.2. The molecule has 0 saturated heterocycles. The summed E-state index contributed by atoms with van der Waals surface area (Å²) < 4.78 is 0. The van der Waals surface area contributed by atoms with Crippen molar-refractivity contribution in [2.45, 2.75) is 6.54 Å². The molecule has 3 aromatic rings. The minimum absolute atomic E-state index is 0.343. The molecule has 0 spiro atoms. The first kappa shape index (κ1) is 13.8. The molecule has 0 bridgehead atoms. The normalized spacial score (nSPS) is 10.5. The summed E-state index contributed by atoms with van der Waals surface area (Å²) >= 11 is 3.06. The smallest absolute Gasteiger partial charge is 0.336 e. The lowest BCUT2D eigenvalue weighted by molar-refractivity contribution is 0.0697.